The van der Waals surface area contributed by atoms with E-state index in [1.165, 1.54) is 0 Å². The van der Waals surface area contributed by atoms with Crippen molar-refractivity contribution in [1.82, 2.24) is 5.32 Å². The minimum atomic E-state index is 0.0507. The highest BCUT2D eigenvalue weighted by Crippen LogP contribution is 2.42. The largest absolute Gasteiger partial charge is 0.493 e. The van der Waals surface area contributed by atoms with E-state index in [9.17, 15) is 0 Å². The fraction of sp³-hybridized carbons (Fsp3) is 0.600. The Morgan fingerprint density at radius 3 is 2.20 bits per heavy atom. The van der Waals surface area contributed by atoms with Crippen LogP contribution in [0.15, 0.2) is 12.1 Å². The predicted octanol–water partition coefficient (Wildman–Crippen LogP) is 2.40. The maximum atomic E-state index is 5.52. The monoisotopic (exact) mass is 283 g/mol. The number of rotatable bonds is 9. The van der Waals surface area contributed by atoms with Gasteiger partial charge in [0, 0.05) is 12.7 Å². The molecule has 0 aliphatic carbocycles. The molecule has 0 bridgehead atoms. The summed E-state index contributed by atoms with van der Waals surface area (Å²) in [6.45, 7) is 3.60. The first-order valence-electron chi connectivity index (χ1n) is 6.74. The van der Waals surface area contributed by atoms with Gasteiger partial charge in [-0.05, 0) is 25.1 Å². The molecular weight excluding hydrogens is 258 g/mol. The van der Waals surface area contributed by atoms with E-state index in [2.05, 4.69) is 12.2 Å². The maximum Gasteiger partial charge on any atom is 0.203 e. The van der Waals surface area contributed by atoms with E-state index in [1.807, 2.05) is 12.1 Å². The number of hydrogen-bond acceptors (Lipinski definition) is 5. The zero-order chi connectivity index (χ0) is 15.0. The van der Waals surface area contributed by atoms with Gasteiger partial charge in [-0.15, -0.1) is 0 Å². The predicted molar refractivity (Wildman–Crippen MR) is 79.0 cm³/mol. The zero-order valence-corrected chi connectivity index (χ0v) is 13.0. The molecule has 20 heavy (non-hydrogen) atoms. The second-order valence-corrected chi connectivity index (χ2v) is 4.39. The molecule has 0 heterocycles. The van der Waals surface area contributed by atoms with E-state index < -0.39 is 0 Å². The van der Waals surface area contributed by atoms with Crippen molar-refractivity contribution in [3.8, 4) is 17.2 Å². The van der Waals surface area contributed by atoms with Crippen molar-refractivity contribution in [1.29, 1.82) is 0 Å². The number of methoxy groups -OCH3 is 4. The van der Waals surface area contributed by atoms with Crippen molar-refractivity contribution in [3.63, 3.8) is 0 Å². The van der Waals surface area contributed by atoms with Gasteiger partial charge in [-0.25, -0.2) is 0 Å². The van der Waals surface area contributed by atoms with E-state index in [0.29, 0.717) is 23.9 Å². The Morgan fingerprint density at radius 2 is 1.70 bits per heavy atom. The molecule has 1 rings (SSSR count). The Morgan fingerprint density at radius 1 is 1.00 bits per heavy atom. The summed E-state index contributed by atoms with van der Waals surface area (Å²) < 4.78 is 21.5. The molecule has 0 saturated carbocycles. The maximum absolute atomic E-state index is 5.52. The molecule has 1 atom stereocenters. The number of nitrogens with one attached hydrogen (secondary N) is 1. The first-order valence-corrected chi connectivity index (χ1v) is 6.74. The normalized spacial score (nSPS) is 12.1. The highest BCUT2D eigenvalue weighted by molar-refractivity contribution is 5.56. The molecule has 1 N–H and O–H groups in total. The molecule has 0 saturated heterocycles. The lowest BCUT2D eigenvalue weighted by Crippen LogP contribution is -2.26. The standard InChI is InChI=1S/C15H25NO4/c1-6-9-16-12(10-17-2)11-7-8-13(18-3)15(20-5)14(11)19-4/h7-8,12,16H,6,9-10H2,1-5H3. The van der Waals surface area contributed by atoms with Crippen LogP contribution < -0.4 is 19.5 Å². The molecule has 0 amide bonds. The van der Waals surface area contributed by atoms with E-state index in [-0.39, 0.29) is 6.04 Å². The molecule has 0 aliphatic rings. The first kappa shape index (κ1) is 16.6. The third-order valence-electron chi connectivity index (χ3n) is 3.08. The van der Waals surface area contributed by atoms with Gasteiger partial charge in [0.05, 0.1) is 34.0 Å². The van der Waals surface area contributed by atoms with Crippen molar-refractivity contribution in [2.45, 2.75) is 19.4 Å². The van der Waals surface area contributed by atoms with Crippen LogP contribution in [0, 0.1) is 0 Å². The van der Waals surface area contributed by atoms with Gasteiger partial charge in [-0.3, -0.25) is 0 Å². The van der Waals surface area contributed by atoms with Crippen LogP contribution in [0.1, 0.15) is 24.9 Å². The molecule has 0 spiro atoms. The van der Waals surface area contributed by atoms with Crippen molar-refractivity contribution in [3.05, 3.63) is 17.7 Å². The van der Waals surface area contributed by atoms with E-state index in [4.69, 9.17) is 18.9 Å². The molecule has 114 valence electrons. The summed E-state index contributed by atoms with van der Waals surface area (Å²) in [5.41, 5.74) is 1.00. The average molecular weight is 283 g/mol. The van der Waals surface area contributed by atoms with Gasteiger partial charge < -0.3 is 24.3 Å². The third-order valence-corrected chi connectivity index (χ3v) is 3.08. The smallest absolute Gasteiger partial charge is 0.203 e. The second kappa shape index (κ2) is 8.66. The van der Waals surface area contributed by atoms with E-state index in [0.717, 1.165) is 18.5 Å². The summed E-state index contributed by atoms with van der Waals surface area (Å²) in [5, 5.41) is 3.45. The quantitative estimate of drug-likeness (QED) is 0.754. The van der Waals surface area contributed by atoms with Crippen LogP contribution in [-0.4, -0.2) is 41.6 Å². The summed E-state index contributed by atoms with van der Waals surface area (Å²) in [7, 11) is 6.53. The number of benzene rings is 1. The second-order valence-electron chi connectivity index (χ2n) is 4.39. The zero-order valence-electron chi connectivity index (χ0n) is 13.0. The van der Waals surface area contributed by atoms with Crippen LogP contribution in [0.5, 0.6) is 17.2 Å². The summed E-state index contributed by atoms with van der Waals surface area (Å²) in [5.74, 6) is 1.93. The van der Waals surface area contributed by atoms with Crippen LogP contribution in [0.25, 0.3) is 0 Å². The molecule has 0 aromatic heterocycles. The van der Waals surface area contributed by atoms with Crippen LogP contribution in [0.4, 0.5) is 0 Å². The lowest BCUT2D eigenvalue weighted by molar-refractivity contribution is 0.165. The van der Waals surface area contributed by atoms with Crippen LogP contribution in [0.3, 0.4) is 0 Å². The van der Waals surface area contributed by atoms with E-state index >= 15 is 0 Å². The topological polar surface area (TPSA) is 49.0 Å². The summed E-state index contributed by atoms with van der Waals surface area (Å²) in [6, 6.07) is 3.91. The molecule has 0 fully saturated rings. The van der Waals surface area contributed by atoms with Crippen molar-refractivity contribution >= 4 is 0 Å². The van der Waals surface area contributed by atoms with Gasteiger partial charge in [0.2, 0.25) is 5.75 Å². The van der Waals surface area contributed by atoms with Gasteiger partial charge in [-0.2, -0.15) is 0 Å². The Balaban J connectivity index is 3.19. The Hall–Kier alpha value is -1.46. The summed E-state index contributed by atoms with van der Waals surface area (Å²) in [4.78, 5) is 0. The highest BCUT2D eigenvalue weighted by Gasteiger charge is 2.21. The van der Waals surface area contributed by atoms with Gasteiger partial charge in [0.25, 0.3) is 0 Å². The molecule has 1 aromatic rings. The Bertz CT molecular complexity index is 409. The Kier molecular flexibility index (Phi) is 7.18. The number of hydrogen-bond donors (Lipinski definition) is 1. The minimum absolute atomic E-state index is 0.0507. The van der Waals surface area contributed by atoms with Gasteiger partial charge in [0.15, 0.2) is 11.5 Å². The number of ether oxygens (including phenoxy) is 4. The van der Waals surface area contributed by atoms with Crippen molar-refractivity contribution < 1.29 is 18.9 Å². The van der Waals surface area contributed by atoms with Gasteiger partial charge >= 0.3 is 0 Å². The molecular formula is C15H25NO4. The van der Waals surface area contributed by atoms with Gasteiger partial charge in [-0.1, -0.05) is 6.92 Å². The molecule has 5 nitrogen and oxygen atoms in total. The van der Waals surface area contributed by atoms with E-state index in [1.54, 1.807) is 28.4 Å². The lowest BCUT2D eigenvalue weighted by atomic mass is 10.0. The van der Waals surface area contributed by atoms with Crippen LogP contribution in [-0.2, 0) is 4.74 Å². The molecule has 5 heteroatoms. The Labute approximate surface area is 121 Å². The molecule has 0 radical (unpaired) electrons. The van der Waals surface area contributed by atoms with Crippen molar-refractivity contribution in [2.75, 3.05) is 41.6 Å². The highest BCUT2D eigenvalue weighted by atomic mass is 16.5. The SMILES string of the molecule is CCCNC(COC)c1ccc(OC)c(OC)c1OC. The van der Waals surface area contributed by atoms with Gasteiger partial charge in [0.1, 0.15) is 0 Å². The lowest BCUT2D eigenvalue weighted by Gasteiger charge is -2.22. The molecule has 1 aromatic carbocycles. The van der Waals surface area contributed by atoms with Crippen LogP contribution in [0.2, 0.25) is 0 Å². The fourth-order valence-corrected chi connectivity index (χ4v) is 2.14. The molecule has 1 unspecified atom stereocenters. The minimum Gasteiger partial charge on any atom is -0.493 e. The summed E-state index contributed by atoms with van der Waals surface area (Å²) >= 11 is 0. The summed E-state index contributed by atoms with van der Waals surface area (Å²) in [6.07, 6.45) is 1.05. The average Bonchev–Trinajstić information content (AvgIpc) is 2.49. The third kappa shape index (κ3) is 3.77. The van der Waals surface area contributed by atoms with Crippen LogP contribution >= 0.6 is 0 Å². The van der Waals surface area contributed by atoms with Crippen molar-refractivity contribution in [2.24, 2.45) is 0 Å². The fourth-order valence-electron chi connectivity index (χ4n) is 2.14. The molecule has 0 aliphatic heterocycles. The first-order chi connectivity index (χ1) is 9.73.